The van der Waals surface area contributed by atoms with E-state index in [2.05, 4.69) is 15.1 Å². The van der Waals surface area contributed by atoms with Gasteiger partial charge in [-0.1, -0.05) is 29.8 Å². The van der Waals surface area contributed by atoms with Gasteiger partial charge in [-0.2, -0.15) is 0 Å². The summed E-state index contributed by atoms with van der Waals surface area (Å²) in [5.41, 5.74) is 1.92. The van der Waals surface area contributed by atoms with Crippen LogP contribution in [0.5, 0.6) is 6.01 Å². The number of hydrogen-bond donors (Lipinski definition) is 0. The van der Waals surface area contributed by atoms with E-state index in [4.69, 9.17) is 0 Å². The van der Waals surface area contributed by atoms with Crippen LogP contribution in [0.1, 0.15) is 5.56 Å². The molecule has 0 aliphatic rings. The van der Waals surface area contributed by atoms with Gasteiger partial charge in [-0.25, -0.2) is 14.6 Å². The molecule has 2 heterocycles. The zero-order valence-corrected chi connectivity index (χ0v) is 10.3. The molecule has 5 nitrogen and oxygen atoms in total. The van der Waals surface area contributed by atoms with Gasteiger partial charge in [0.15, 0.2) is 11.6 Å². The maximum Gasteiger partial charge on any atom is 0.181 e. The summed E-state index contributed by atoms with van der Waals surface area (Å²) in [6.07, 6.45) is 1.61. The molecular formula is C14H11N4O-. The minimum Gasteiger partial charge on any atom is -0.844 e. The molecule has 0 N–H and O–H groups in total. The Bertz CT molecular complexity index is 706. The predicted octanol–water partition coefficient (Wildman–Crippen LogP) is 1.71. The number of benzene rings is 1. The first-order valence-corrected chi connectivity index (χ1v) is 5.86. The van der Waals surface area contributed by atoms with Crippen molar-refractivity contribution in [1.82, 2.24) is 19.7 Å². The van der Waals surface area contributed by atoms with E-state index in [0.717, 1.165) is 11.1 Å². The van der Waals surface area contributed by atoms with Crippen molar-refractivity contribution >= 4 is 0 Å². The second kappa shape index (κ2) is 4.53. The summed E-state index contributed by atoms with van der Waals surface area (Å²) in [4.78, 5) is 8.05. The van der Waals surface area contributed by atoms with Gasteiger partial charge in [0.05, 0.1) is 6.01 Å². The van der Waals surface area contributed by atoms with E-state index in [9.17, 15) is 5.11 Å². The van der Waals surface area contributed by atoms with Crippen LogP contribution in [0.3, 0.4) is 0 Å². The molecule has 0 aliphatic carbocycles. The third-order valence-corrected chi connectivity index (χ3v) is 2.72. The van der Waals surface area contributed by atoms with Crippen LogP contribution in [0.15, 0.2) is 48.7 Å². The largest absolute Gasteiger partial charge is 0.844 e. The van der Waals surface area contributed by atoms with E-state index < -0.39 is 6.01 Å². The number of pyridine rings is 1. The van der Waals surface area contributed by atoms with Crippen LogP contribution in [0.25, 0.3) is 17.2 Å². The van der Waals surface area contributed by atoms with Crippen LogP contribution < -0.4 is 5.11 Å². The monoisotopic (exact) mass is 251 g/mol. The zero-order valence-electron chi connectivity index (χ0n) is 10.3. The third kappa shape index (κ3) is 2.18. The Labute approximate surface area is 110 Å². The summed E-state index contributed by atoms with van der Waals surface area (Å²) in [7, 11) is 0. The lowest BCUT2D eigenvalue weighted by Crippen LogP contribution is -2.05. The summed E-state index contributed by atoms with van der Waals surface area (Å²) in [6.45, 7) is 1.98. The first-order chi connectivity index (χ1) is 9.24. The van der Waals surface area contributed by atoms with Crippen molar-refractivity contribution in [1.29, 1.82) is 0 Å². The maximum absolute atomic E-state index is 11.8. The minimum atomic E-state index is -0.421. The van der Waals surface area contributed by atoms with Gasteiger partial charge >= 0.3 is 0 Å². The highest BCUT2D eigenvalue weighted by Crippen LogP contribution is 2.19. The van der Waals surface area contributed by atoms with Crippen LogP contribution in [0.4, 0.5) is 0 Å². The highest BCUT2D eigenvalue weighted by molar-refractivity contribution is 5.56. The van der Waals surface area contributed by atoms with Crippen LogP contribution in [-0.2, 0) is 0 Å². The van der Waals surface area contributed by atoms with Gasteiger partial charge in [0, 0.05) is 11.8 Å². The summed E-state index contributed by atoms with van der Waals surface area (Å²) in [5, 5.41) is 16.1. The molecule has 94 valence electrons. The van der Waals surface area contributed by atoms with Gasteiger partial charge in [0.2, 0.25) is 0 Å². The van der Waals surface area contributed by atoms with Gasteiger partial charge in [0.1, 0.15) is 0 Å². The van der Waals surface area contributed by atoms with Crippen LogP contribution in [-0.4, -0.2) is 19.7 Å². The molecule has 0 atom stereocenters. The lowest BCUT2D eigenvalue weighted by molar-refractivity contribution is -0.284. The molecule has 0 fully saturated rings. The quantitative estimate of drug-likeness (QED) is 0.695. The number of aromatic nitrogens is 4. The molecule has 3 rings (SSSR count). The van der Waals surface area contributed by atoms with E-state index in [1.807, 2.05) is 31.2 Å². The molecule has 0 radical (unpaired) electrons. The molecule has 0 saturated carbocycles. The van der Waals surface area contributed by atoms with Gasteiger partial charge in [-0.15, -0.1) is 5.10 Å². The highest BCUT2D eigenvalue weighted by atomic mass is 16.3. The van der Waals surface area contributed by atoms with Gasteiger partial charge in [-0.05, 0) is 25.1 Å². The van der Waals surface area contributed by atoms with E-state index >= 15 is 0 Å². The fraction of sp³-hybridized carbons (Fsp3) is 0.0714. The number of hydrogen-bond acceptors (Lipinski definition) is 4. The Hall–Kier alpha value is -2.69. The zero-order chi connectivity index (χ0) is 13.2. The fourth-order valence-corrected chi connectivity index (χ4v) is 1.83. The Morgan fingerprint density at radius 1 is 1.11 bits per heavy atom. The van der Waals surface area contributed by atoms with Gasteiger partial charge in [0.25, 0.3) is 0 Å². The van der Waals surface area contributed by atoms with Crippen LogP contribution in [0, 0.1) is 6.92 Å². The number of rotatable bonds is 2. The van der Waals surface area contributed by atoms with Crippen molar-refractivity contribution < 1.29 is 5.11 Å². The highest BCUT2D eigenvalue weighted by Gasteiger charge is 2.08. The smallest absolute Gasteiger partial charge is 0.181 e. The molecule has 0 amide bonds. The fourth-order valence-electron chi connectivity index (χ4n) is 1.83. The maximum atomic E-state index is 11.8. The first kappa shape index (κ1) is 11.4. The average Bonchev–Trinajstić information content (AvgIpc) is 2.82. The van der Waals surface area contributed by atoms with Gasteiger partial charge < -0.3 is 5.11 Å². The molecule has 0 saturated heterocycles. The van der Waals surface area contributed by atoms with Crippen molar-refractivity contribution in [2.45, 2.75) is 6.92 Å². The van der Waals surface area contributed by atoms with Crippen molar-refractivity contribution in [3.05, 3.63) is 54.2 Å². The third-order valence-electron chi connectivity index (χ3n) is 2.72. The van der Waals surface area contributed by atoms with Crippen LogP contribution >= 0.6 is 0 Å². The van der Waals surface area contributed by atoms with E-state index in [0.29, 0.717) is 11.6 Å². The number of aryl methyl sites for hydroxylation is 1. The lowest BCUT2D eigenvalue weighted by atomic mass is 10.1. The molecule has 0 aliphatic heterocycles. The second-order valence-electron chi connectivity index (χ2n) is 4.19. The normalized spacial score (nSPS) is 10.6. The summed E-state index contributed by atoms with van der Waals surface area (Å²) < 4.78 is 1.21. The number of nitrogens with zero attached hydrogens (tertiary/aromatic N) is 4. The molecule has 1 aromatic carbocycles. The summed E-state index contributed by atoms with van der Waals surface area (Å²) in [6, 6.07) is 12.6. The molecule has 0 unspecified atom stereocenters. The summed E-state index contributed by atoms with van der Waals surface area (Å²) >= 11 is 0. The van der Waals surface area contributed by atoms with E-state index in [1.54, 1.807) is 24.4 Å². The predicted molar refractivity (Wildman–Crippen MR) is 68.8 cm³/mol. The molecule has 0 bridgehead atoms. The molecule has 3 aromatic rings. The Balaban J connectivity index is 2.07. The molecule has 0 spiro atoms. The summed E-state index contributed by atoms with van der Waals surface area (Å²) in [5.74, 6) is 0.887. The van der Waals surface area contributed by atoms with E-state index in [1.165, 1.54) is 4.68 Å². The van der Waals surface area contributed by atoms with Crippen LogP contribution in [0.2, 0.25) is 0 Å². The molecular weight excluding hydrogens is 240 g/mol. The Morgan fingerprint density at radius 3 is 2.74 bits per heavy atom. The van der Waals surface area contributed by atoms with Crippen molar-refractivity contribution in [2.75, 3.05) is 0 Å². The average molecular weight is 251 g/mol. The second-order valence-corrected chi connectivity index (χ2v) is 4.19. The first-order valence-electron chi connectivity index (χ1n) is 5.86. The molecule has 5 heteroatoms. The minimum absolute atomic E-state index is 0.416. The van der Waals surface area contributed by atoms with Gasteiger partial charge in [-0.3, -0.25) is 0 Å². The molecule has 2 aromatic heterocycles. The topological polar surface area (TPSA) is 66.7 Å². The van der Waals surface area contributed by atoms with Crippen molar-refractivity contribution in [3.8, 4) is 23.2 Å². The van der Waals surface area contributed by atoms with Crippen molar-refractivity contribution in [2.24, 2.45) is 0 Å². The Kier molecular flexibility index (Phi) is 2.72. The molecule has 19 heavy (non-hydrogen) atoms. The standard InChI is InChI=1S/C14H12N4O/c1-10-5-4-6-11(9-10)13-16-14(19)18(17-13)12-7-2-3-8-15-12/h2-9H,1H3,(H,16,17,19)/p-1. The van der Waals surface area contributed by atoms with Crippen molar-refractivity contribution in [3.63, 3.8) is 0 Å². The SMILES string of the molecule is Cc1cccc(-c2nc([O-])n(-c3ccccn3)n2)c1. The Morgan fingerprint density at radius 2 is 2.00 bits per heavy atom. The van der Waals surface area contributed by atoms with E-state index in [-0.39, 0.29) is 0 Å². The lowest BCUT2D eigenvalue weighted by Gasteiger charge is -2.05.